The Morgan fingerprint density at radius 2 is 1.94 bits per heavy atom. The molecule has 0 unspecified atom stereocenters. The van der Waals surface area contributed by atoms with Crippen LogP contribution in [0, 0.1) is 6.92 Å². The van der Waals surface area contributed by atoms with Crippen molar-refractivity contribution >= 4 is 16.9 Å². The van der Waals surface area contributed by atoms with Crippen LogP contribution in [-0.2, 0) is 0 Å². The van der Waals surface area contributed by atoms with Crippen molar-refractivity contribution in [2.45, 2.75) is 20.8 Å². The molecule has 1 aromatic carbocycles. The van der Waals surface area contributed by atoms with E-state index < -0.39 is 5.97 Å². The lowest BCUT2D eigenvalue weighted by atomic mass is 10.1. The van der Waals surface area contributed by atoms with E-state index in [1.54, 1.807) is 0 Å². The molecule has 3 heteroatoms. The number of carboxylic acids is 1. The first-order valence-corrected chi connectivity index (χ1v) is 5.27. The molecule has 0 aliphatic rings. The minimum atomic E-state index is -0.914. The SMILES string of the molecule is CC.Cc1ccc2nccc(C(=O)O)c2c1. The van der Waals surface area contributed by atoms with Gasteiger partial charge in [-0.1, -0.05) is 25.5 Å². The van der Waals surface area contributed by atoms with Gasteiger partial charge in [-0.05, 0) is 25.1 Å². The first-order valence-electron chi connectivity index (χ1n) is 5.27. The number of carboxylic acid groups (broad SMARTS) is 1. The van der Waals surface area contributed by atoms with Crippen LogP contribution in [0.3, 0.4) is 0 Å². The second kappa shape index (κ2) is 5.26. The predicted molar refractivity (Wildman–Crippen MR) is 64.8 cm³/mol. The molecule has 0 saturated carbocycles. The number of hydrogen-bond donors (Lipinski definition) is 1. The highest BCUT2D eigenvalue weighted by Crippen LogP contribution is 2.17. The van der Waals surface area contributed by atoms with Crippen molar-refractivity contribution in [1.82, 2.24) is 4.98 Å². The standard InChI is InChI=1S/C11H9NO2.C2H6/c1-7-2-3-10-9(6-7)8(11(13)14)4-5-12-10;1-2/h2-6H,1H3,(H,13,14);1-2H3. The van der Waals surface area contributed by atoms with Crippen LogP contribution in [0.25, 0.3) is 10.9 Å². The quantitative estimate of drug-likeness (QED) is 0.797. The molecule has 84 valence electrons. The average Bonchev–Trinajstić information content (AvgIpc) is 2.30. The highest BCUT2D eigenvalue weighted by Gasteiger charge is 2.07. The predicted octanol–water partition coefficient (Wildman–Crippen LogP) is 3.27. The van der Waals surface area contributed by atoms with Gasteiger partial charge in [-0.3, -0.25) is 4.98 Å². The van der Waals surface area contributed by atoms with E-state index in [0.717, 1.165) is 11.1 Å². The summed E-state index contributed by atoms with van der Waals surface area (Å²) in [6.07, 6.45) is 1.52. The zero-order valence-corrected chi connectivity index (χ0v) is 9.69. The van der Waals surface area contributed by atoms with Crippen molar-refractivity contribution in [1.29, 1.82) is 0 Å². The molecule has 0 saturated heterocycles. The van der Waals surface area contributed by atoms with Gasteiger partial charge in [-0.15, -0.1) is 0 Å². The van der Waals surface area contributed by atoms with Crippen LogP contribution in [0.1, 0.15) is 29.8 Å². The number of aromatic nitrogens is 1. The number of pyridine rings is 1. The third-order valence-corrected chi connectivity index (χ3v) is 2.13. The van der Waals surface area contributed by atoms with E-state index in [1.807, 2.05) is 39.0 Å². The molecule has 1 aromatic heterocycles. The number of rotatable bonds is 1. The molecule has 16 heavy (non-hydrogen) atoms. The smallest absolute Gasteiger partial charge is 0.336 e. The topological polar surface area (TPSA) is 50.2 Å². The van der Waals surface area contributed by atoms with Crippen LogP contribution in [0.15, 0.2) is 30.5 Å². The largest absolute Gasteiger partial charge is 0.478 e. The van der Waals surface area contributed by atoms with Crippen molar-refractivity contribution in [3.63, 3.8) is 0 Å². The van der Waals surface area contributed by atoms with Gasteiger partial charge in [0.25, 0.3) is 0 Å². The molecule has 0 atom stereocenters. The lowest BCUT2D eigenvalue weighted by Gasteiger charge is -2.01. The van der Waals surface area contributed by atoms with E-state index in [2.05, 4.69) is 4.98 Å². The summed E-state index contributed by atoms with van der Waals surface area (Å²) in [6.45, 7) is 5.93. The van der Waals surface area contributed by atoms with Crippen LogP contribution in [0.4, 0.5) is 0 Å². The third kappa shape index (κ3) is 2.37. The van der Waals surface area contributed by atoms with Crippen LogP contribution >= 0.6 is 0 Å². The summed E-state index contributed by atoms with van der Waals surface area (Å²) >= 11 is 0. The van der Waals surface area contributed by atoms with Crippen molar-refractivity contribution < 1.29 is 9.90 Å². The van der Waals surface area contributed by atoms with Gasteiger partial charge in [0.05, 0.1) is 11.1 Å². The Morgan fingerprint density at radius 1 is 1.25 bits per heavy atom. The molecule has 0 fully saturated rings. The van der Waals surface area contributed by atoms with Crippen LogP contribution in [0.5, 0.6) is 0 Å². The molecule has 0 aliphatic heterocycles. The zero-order valence-electron chi connectivity index (χ0n) is 9.69. The Bertz CT molecular complexity index is 506. The Hall–Kier alpha value is -1.90. The number of aromatic carboxylic acids is 1. The fraction of sp³-hybridized carbons (Fsp3) is 0.231. The number of fused-ring (bicyclic) bond motifs is 1. The van der Waals surface area contributed by atoms with Crippen molar-refractivity contribution in [2.75, 3.05) is 0 Å². The highest BCUT2D eigenvalue weighted by atomic mass is 16.4. The molecular formula is C13H15NO2. The van der Waals surface area contributed by atoms with E-state index in [4.69, 9.17) is 5.11 Å². The molecular weight excluding hydrogens is 202 g/mol. The molecule has 0 radical (unpaired) electrons. The summed E-state index contributed by atoms with van der Waals surface area (Å²) in [4.78, 5) is 15.0. The summed E-state index contributed by atoms with van der Waals surface area (Å²) in [5.41, 5.74) is 2.06. The number of aryl methyl sites for hydroxylation is 1. The van der Waals surface area contributed by atoms with Gasteiger partial charge in [-0.2, -0.15) is 0 Å². The Morgan fingerprint density at radius 3 is 2.56 bits per heavy atom. The minimum Gasteiger partial charge on any atom is -0.478 e. The van der Waals surface area contributed by atoms with Crippen LogP contribution in [0.2, 0.25) is 0 Å². The Labute approximate surface area is 94.8 Å². The van der Waals surface area contributed by atoms with Gasteiger partial charge in [-0.25, -0.2) is 4.79 Å². The fourth-order valence-electron chi connectivity index (χ4n) is 1.45. The molecule has 2 rings (SSSR count). The normalized spacial score (nSPS) is 9.44. The lowest BCUT2D eigenvalue weighted by Crippen LogP contribution is -1.98. The van der Waals surface area contributed by atoms with Crippen molar-refractivity contribution in [2.24, 2.45) is 0 Å². The first kappa shape index (κ1) is 12.2. The van der Waals surface area contributed by atoms with Gasteiger partial charge < -0.3 is 5.11 Å². The Kier molecular flexibility index (Phi) is 4.00. The van der Waals surface area contributed by atoms with E-state index in [-0.39, 0.29) is 0 Å². The van der Waals surface area contributed by atoms with Gasteiger partial charge in [0.1, 0.15) is 0 Å². The van der Waals surface area contributed by atoms with Crippen molar-refractivity contribution in [3.8, 4) is 0 Å². The monoisotopic (exact) mass is 217 g/mol. The maximum absolute atomic E-state index is 10.9. The average molecular weight is 217 g/mol. The second-order valence-corrected chi connectivity index (χ2v) is 3.18. The maximum Gasteiger partial charge on any atom is 0.336 e. The Balaban J connectivity index is 0.000000606. The van der Waals surface area contributed by atoms with Crippen molar-refractivity contribution in [3.05, 3.63) is 41.6 Å². The molecule has 3 nitrogen and oxygen atoms in total. The van der Waals surface area contributed by atoms with Gasteiger partial charge in [0.2, 0.25) is 0 Å². The number of benzene rings is 1. The first-order chi connectivity index (χ1) is 7.68. The van der Waals surface area contributed by atoms with E-state index in [9.17, 15) is 4.79 Å². The molecule has 1 heterocycles. The van der Waals surface area contributed by atoms with Crippen LogP contribution in [-0.4, -0.2) is 16.1 Å². The van der Waals surface area contributed by atoms with E-state index in [1.165, 1.54) is 12.3 Å². The molecule has 0 amide bonds. The van der Waals surface area contributed by atoms with E-state index >= 15 is 0 Å². The number of carbonyl (C=O) groups is 1. The third-order valence-electron chi connectivity index (χ3n) is 2.13. The summed E-state index contributed by atoms with van der Waals surface area (Å²) in [6, 6.07) is 7.11. The second-order valence-electron chi connectivity index (χ2n) is 3.18. The summed E-state index contributed by atoms with van der Waals surface area (Å²) in [5, 5.41) is 9.64. The number of nitrogens with zero attached hydrogens (tertiary/aromatic N) is 1. The van der Waals surface area contributed by atoms with E-state index in [0.29, 0.717) is 10.9 Å². The molecule has 0 aliphatic carbocycles. The van der Waals surface area contributed by atoms with Gasteiger partial charge >= 0.3 is 5.97 Å². The summed E-state index contributed by atoms with van der Waals surface area (Å²) < 4.78 is 0. The lowest BCUT2D eigenvalue weighted by molar-refractivity contribution is 0.0699. The van der Waals surface area contributed by atoms with Gasteiger partial charge in [0, 0.05) is 11.6 Å². The molecule has 0 bridgehead atoms. The molecule has 2 aromatic rings. The van der Waals surface area contributed by atoms with Crippen LogP contribution < -0.4 is 0 Å². The fourth-order valence-corrected chi connectivity index (χ4v) is 1.45. The summed E-state index contributed by atoms with van der Waals surface area (Å²) in [5.74, 6) is -0.914. The maximum atomic E-state index is 10.9. The van der Waals surface area contributed by atoms with Gasteiger partial charge in [0.15, 0.2) is 0 Å². The molecule has 0 spiro atoms. The molecule has 1 N–H and O–H groups in total. The zero-order chi connectivity index (χ0) is 12.1. The number of hydrogen-bond acceptors (Lipinski definition) is 2. The highest BCUT2D eigenvalue weighted by molar-refractivity contribution is 6.02. The summed E-state index contributed by atoms with van der Waals surface area (Å²) in [7, 11) is 0. The minimum absolute atomic E-state index is 0.304.